The van der Waals surface area contributed by atoms with Crippen molar-refractivity contribution in [2.24, 2.45) is 5.10 Å². The summed E-state index contributed by atoms with van der Waals surface area (Å²) >= 11 is 0. The highest BCUT2D eigenvalue weighted by molar-refractivity contribution is 7.87. The van der Waals surface area contributed by atoms with Gasteiger partial charge in [0.1, 0.15) is 0 Å². The van der Waals surface area contributed by atoms with E-state index >= 15 is 0 Å². The molecule has 0 spiro atoms. The van der Waals surface area contributed by atoms with Crippen LogP contribution in [0.1, 0.15) is 13.3 Å². The van der Waals surface area contributed by atoms with Crippen LogP contribution in [-0.2, 0) is 10.2 Å². The largest absolute Gasteiger partial charge is 0.307 e. The molecule has 0 aromatic carbocycles. The van der Waals surface area contributed by atoms with E-state index in [1.807, 2.05) is 6.92 Å². The minimum atomic E-state index is -3.32. The Morgan fingerprint density at radius 1 is 1.56 bits per heavy atom. The first-order valence-electron chi connectivity index (χ1n) is 4.98. The second-order valence-electron chi connectivity index (χ2n) is 3.36. The zero-order chi connectivity index (χ0) is 12.6. The Balaban J connectivity index is 3.96. The van der Waals surface area contributed by atoms with E-state index in [1.165, 1.54) is 18.4 Å². The minimum Gasteiger partial charge on any atom is -0.307 e. The number of rotatable bonds is 8. The number of hydrazone groups is 1. The Morgan fingerprint density at radius 2 is 2.19 bits per heavy atom. The van der Waals surface area contributed by atoms with Gasteiger partial charge in [0.05, 0.1) is 0 Å². The Morgan fingerprint density at radius 3 is 2.69 bits per heavy atom. The SMILES string of the molecule is C=C/C=N\NC(C)CCN(C)S(=O)(=O)NC. The molecule has 0 aliphatic heterocycles. The number of nitrogens with zero attached hydrogens (tertiary/aromatic N) is 2. The van der Waals surface area contributed by atoms with Crippen LogP contribution in [0.5, 0.6) is 0 Å². The quantitative estimate of drug-likeness (QED) is 0.466. The van der Waals surface area contributed by atoms with E-state index in [9.17, 15) is 8.42 Å². The van der Waals surface area contributed by atoms with Gasteiger partial charge < -0.3 is 5.43 Å². The van der Waals surface area contributed by atoms with Crippen molar-refractivity contribution in [2.75, 3.05) is 20.6 Å². The molecule has 0 radical (unpaired) electrons. The molecule has 0 aromatic rings. The molecule has 0 fully saturated rings. The van der Waals surface area contributed by atoms with E-state index in [1.54, 1.807) is 12.3 Å². The molecular weight excluding hydrogens is 228 g/mol. The van der Waals surface area contributed by atoms with Crippen molar-refractivity contribution in [3.05, 3.63) is 12.7 Å². The van der Waals surface area contributed by atoms with Gasteiger partial charge in [0.25, 0.3) is 10.2 Å². The lowest BCUT2D eigenvalue weighted by molar-refractivity contribution is 0.419. The molecule has 0 saturated heterocycles. The first kappa shape index (κ1) is 15.1. The van der Waals surface area contributed by atoms with Gasteiger partial charge in [-0.05, 0) is 19.4 Å². The van der Waals surface area contributed by atoms with Gasteiger partial charge in [-0.1, -0.05) is 6.58 Å². The number of allylic oxidation sites excluding steroid dienone is 1. The normalized spacial score (nSPS) is 14.2. The molecule has 94 valence electrons. The van der Waals surface area contributed by atoms with Crippen LogP contribution in [0.15, 0.2) is 17.8 Å². The fraction of sp³-hybridized carbons (Fsp3) is 0.667. The van der Waals surface area contributed by atoms with Crippen molar-refractivity contribution in [1.29, 1.82) is 0 Å². The molecule has 0 aliphatic rings. The molecule has 0 saturated carbocycles. The van der Waals surface area contributed by atoms with E-state index in [0.717, 1.165) is 0 Å². The molecule has 0 amide bonds. The first-order chi connectivity index (χ1) is 7.44. The van der Waals surface area contributed by atoms with Gasteiger partial charge in [0.15, 0.2) is 0 Å². The maximum absolute atomic E-state index is 11.3. The summed E-state index contributed by atoms with van der Waals surface area (Å²) in [6.45, 7) is 5.85. The second-order valence-corrected chi connectivity index (χ2v) is 5.35. The average molecular weight is 248 g/mol. The number of hydrogen-bond donors (Lipinski definition) is 2. The maximum atomic E-state index is 11.3. The summed E-state index contributed by atoms with van der Waals surface area (Å²) < 4.78 is 26.2. The molecule has 0 bridgehead atoms. The molecule has 0 rings (SSSR count). The molecule has 16 heavy (non-hydrogen) atoms. The Hall–Kier alpha value is -0.920. The van der Waals surface area contributed by atoms with Crippen molar-refractivity contribution in [2.45, 2.75) is 19.4 Å². The predicted octanol–water partition coefficient (Wildman–Crippen LogP) is -0.0776. The lowest BCUT2D eigenvalue weighted by Crippen LogP contribution is -2.38. The van der Waals surface area contributed by atoms with Gasteiger partial charge in [-0.15, -0.1) is 0 Å². The topological polar surface area (TPSA) is 73.8 Å². The molecule has 2 N–H and O–H groups in total. The Labute approximate surface area is 97.6 Å². The predicted molar refractivity (Wildman–Crippen MR) is 66.5 cm³/mol. The van der Waals surface area contributed by atoms with Crippen LogP contribution < -0.4 is 10.1 Å². The lowest BCUT2D eigenvalue weighted by Gasteiger charge is -2.18. The van der Waals surface area contributed by atoms with E-state index < -0.39 is 10.2 Å². The van der Waals surface area contributed by atoms with E-state index in [-0.39, 0.29) is 6.04 Å². The fourth-order valence-electron chi connectivity index (χ4n) is 0.939. The third kappa shape index (κ3) is 5.84. The smallest absolute Gasteiger partial charge is 0.278 e. The number of nitrogens with one attached hydrogen (secondary N) is 2. The molecule has 1 atom stereocenters. The first-order valence-corrected chi connectivity index (χ1v) is 6.42. The van der Waals surface area contributed by atoms with Crippen molar-refractivity contribution >= 4 is 16.4 Å². The summed E-state index contributed by atoms with van der Waals surface area (Å²) in [6, 6.07) is 0.103. The maximum Gasteiger partial charge on any atom is 0.278 e. The van der Waals surface area contributed by atoms with Crippen LogP contribution in [0.4, 0.5) is 0 Å². The van der Waals surface area contributed by atoms with Crippen LogP contribution in [0.25, 0.3) is 0 Å². The summed E-state index contributed by atoms with van der Waals surface area (Å²) in [5.74, 6) is 0. The van der Waals surface area contributed by atoms with Crippen molar-refractivity contribution < 1.29 is 8.42 Å². The highest BCUT2D eigenvalue weighted by atomic mass is 32.2. The van der Waals surface area contributed by atoms with Crippen LogP contribution in [-0.4, -0.2) is 45.6 Å². The molecule has 0 aliphatic carbocycles. The Bertz CT molecular complexity index is 326. The molecule has 1 unspecified atom stereocenters. The minimum absolute atomic E-state index is 0.103. The standard InChI is InChI=1S/C9H20N4O2S/c1-5-7-11-12-9(2)6-8-13(4)16(14,15)10-3/h5,7,9-10,12H,1,6,8H2,2-4H3/b11-7-. The van der Waals surface area contributed by atoms with Gasteiger partial charge in [-0.2, -0.15) is 17.8 Å². The number of hydrogen-bond acceptors (Lipinski definition) is 4. The molecule has 6 nitrogen and oxygen atoms in total. The molecule has 7 heteroatoms. The summed E-state index contributed by atoms with van der Waals surface area (Å²) in [7, 11) is -0.394. The summed E-state index contributed by atoms with van der Waals surface area (Å²) in [5, 5.41) is 3.87. The van der Waals surface area contributed by atoms with E-state index in [0.29, 0.717) is 13.0 Å². The highest BCUT2D eigenvalue weighted by Gasteiger charge is 2.15. The van der Waals surface area contributed by atoms with Gasteiger partial charge in [0, 0.05) is 32.9 Å². The molecule has 0 aromatic heterocycles. The van der Waals surface area contributed by atoms with Gasteiger partial charge >= 0.3 is 0 Å². The van der Waals surface area contributed by atoms with E-state index in [2.05, 4.69) is 21.8 Å². The van der Waals surface area contributed by atoms with E-state index in [4.69, 9.17) is 0 Å². The lowest BCUT2D eigenvalue weighted by atomic mass is 10.2. The third-order valence-corrected chi connectivity index (χ3v) is 3.54. The van der Waals surface area contributed by atoms with Crippen LogP contribution in [0.2, 0.25) is 0 Å². The molecule has 0 heterocycles. The van der Waals surface area contributed by atoms with Crippen molar-refractivity contribution in [3.63, 3.8) is 0 Å². The van der Waals surface area contributed by atoms with Crippen LogP contribution >= 0.6 is 0 Å². The second kappa shape index (κ2) is 7.37. The fourth-order valence-corrected chi connectivity index (χ4v) is 1.60. The monoisotopic (exact) mass is 248 g/mol. The average Bonchev–Trinajstić information content (AvgIpc) is 2.26. The van der Waals surface area contributed by atoms with Gasteiger partial charge in [-0.25, -0.2) is 4.72 Å². The zero-order valence-corrected chi connectivity index (χ0v) is 10.8. The summed E-state index contributed by atoms with van der Waals surface area (Å²) in [6.07, 6.45) is 3.79. The van der Waals surface area contributed by atoms with Crippen molar-refractivity contribution in [1.82, 2.24) is 14.5 Å². The third-order valence-electron chi connectivity index (χ3n) is 2.02. The van der Waals surface area contributed by atoms with Gasteiger partial charge in [-0.3, -0.25) is 0 Å². The summed E-state index contributed by atoms with van der Waals surface area (Å²) in [4.78, 5) is 0. The highest BCUT2D eigenvalue weighted by Crippen LogP contribution is 1.98. The zero-order valence-electron chi connectivity index (χ0n) is 9.97. The van der Waals surface area contributed by atoms with Gasteiger partial charge in [0.2, 0.25) is 0 Å². The Kier molecular flexibility index (Phi) is 6.95. The van der Waals surface area contributed by atoms with Crippen molar-refractivity contribution in [3.8, 4) is 0 Å². The molecular formula is C9H20N4O2S. The van der Waals surface area contributed by atoms with Crippen LogP contribution in [0, 0.1) is 0 Å². The summed E-state index contributed by atoms with van der Waals surface area (Å²) in [5.41, 5.74) is 2.86. The van der Waals surface area contributed by atoms with Crippen LogP contribution in [0.3, 0.4) is 0 Å².